The molecule has 1 aromatic heterocycles. The molecule has 5 nitrogen and oxygen atoms in total. The number of sulfonamides is 1. The van der Waals surface area contributed by atoms with Crippen LogP contribution in [0.1, 0.15) is 38.2 Å². The van der Waals surface area contributed by atoms with Crippen LogP contribution in [-0.2, 0) is 10.0 Å². The molecule has 0 amide bonds. The van der Waals surface area contributed by atoms with Crippen molar-refractivity contribution in [1.29, 1.82) is 0 Å². The van der Waals surface area contributed by atoms with Crippen LogP contribution in [0.4, 0.5) is 5.82 Å². The number of rotatable bonds is 4. The van der Waals surface area contributed by atoms with E-state index in [0.717, 1.165) is 24.2 Å². The Kier molecular flexibility index (Phi) is 4.65. The summed E-state index contributed by atoms with van der Waals surface area (Å²) in [5.41, 5.74) is 1.16. The molecule has 0 radical (unpaired) electrons. The highest BCUT2D eigenvalue weighted by Crippen LogP contribution is 2.29. The summed E-state index contributed by atoms with van der Waals surface area (Å²) in [5.74, 6) is 1.08. The maximum atomic E-state index is 12.3. The molecule has 1 fully saturated rings. The lowest BCUT2D eigenvalue weighted by molar-refractivity contribution is 0.313. The van der Waals surface area contributed by atoms with E-state index in [2.05, 4.69) is 10.3 Å². The zero-order valence-electron chi connectivity index (χ0n) is 12.3. The minimum absolute atomic E-state index is 0.257. The Hall–Kier alpha value is -1.14. The first-order valence-electron chi connectivity index (χ1n) is 7.08. The molecule has 0 aromatic carbocycles. The van der Waals surface area contributed by atoms with Crippen molar-refractivity contribution in [3.63, 3.8) is 0 Å². The van der Waals surface area contributed by atoms with Crippen LogP contribution >= 0.6 is 0 Å². The molecule has 6 heteroatoms. The Labute approximate surface area is 121 Å². The van der Waals surface area contributed by atoms with E-state index in [1.54, 1.807) is 24.3 Å². The number of nitrogens with one attached hydrogen (secondary N) is 1. The van der Waals surface area contributed by atoms with E-state index < -0.39 is 10.0 Å². The molecular formula is C14H23N3O2S. The predicted octanol–water partition coefficient (Wildman–Crippen LogP) is 2.04. The van der Waals surface area contributed by atoms with Gasteiger partial charge in [0.2, 0.25) is 10.0 Å². The van der Waals surface area contributed by atoms with Crippen LogP contribution in [0.2, 0.25) is 0 Å². The lowest BCUT2D eigenvalue weighted by atomic mass is 9.92. The number of aromatic nitrogens is 1. The molecule has 0 spiro atoms. The van der Waals surface area contributed by atoms with Crippen molar-refractivity contribution in [2.45, 2.75) is 37.9 Å². The highest BCUT2D eigenvalue weighted by Gasteiger charge is 2.31. The van der Waals surface area contributed by atoms with Gasteiger partial charge in [-0.25, -0.2) is 17.7 Å². The van der Waals surface area contributed by atoms with Gasteiger partial charge in [-0.15, -0.1) is 0 Å². The Morgan fingerprint density at radius 1 is 1.45 bits per heavy atom. The topological polar surface area (TPSA) is 62.3 Å². The maximum Gasteiger partial charge on any atom is 0.216 e. The fraction of sp³-hybridized carbons (Fsp3) is 0.643. The predicted molar refractivity (Wildman–Crippen MR) is 81.4 cm³/mol. The van der Waals surface area contributed by atoms with Crippen molar-refractivity contribution in [1.82, 2.24) is 9.29 Å². The van der Waals surface area contributed by atoms with E-state index in [1.165, 1.54) is 0 Å². The highest BCUT2D eigenvalue weighted by atomic mass is 32.2. The smallest absolute Gasteiger partial charge is 0.216 e. The van der Waals surface area contributed by atoms with Gasteiger partial charge in [0.05, 0.1) is 5.25 Å². The first kappa shape index (κ1) is 15.3. The molecule has 20 heavy (non-hydrogen) atoms. The van der Waals surface area contributed by atoms with E-state index in [9.17, 15) is 8.42 Å². The van der Waals surface area contributed by atoms with Crippen molar-refractivity contribution >= 4 is 15.8 Å². The van der Waals surface area contributed by atoms with Gasteiger partial charge in [0.25, 0.3) is 0 Å². The molecule has 0 bridgehead atoms. The van der Waals surface area contributed by atoms with E-state index in [4.69, 9.17) is 0 Å². The summed E-state index contributed by atoms with van der Waals surface area (Å²) < 4.78 is 26.2. The summed E-state index contributed by atoms with van der Waals surface area (Å²) in [5, 5.41) is 2.67. The van der Waals surface area contributed by atoms with Gasteiger partial charge in [-0.1, -0.05) is 0 Å². The second kappa shape index (κ2) is 6.10. The Morgan fingerprint density at radius 3 is 2.85 bits per heavy atom. The third-order valence-corrected chi connectivity index (χ3v) is 6.09. The van der Waals surface area contributed by atoms with E-state index in [-0.39, 0.29) is 11.2 Å². The highest BCUT2D eigenvalue weighted by molar-refractivity contribution is 7.89. The Morgan fingerprint density at radius 2 is 2.20 bits per heavy atom. The van der Waals surface area contributed by atoms with Crippen molar-refractivity contribution in [2.24, 2.45) is 0 Å². The quantitative estimate of drug-likeness (QED) is 0.924. The third kappa shape index (κ3) is 3.12. The maximum absolute atomic E-state index is 12.3. The van der Waals surface area contributed by atoms with Gasteiger partial charge in [0, 0.05) is 26.3 Å². The molecule has 112 valence electrons. The van der Waals surface area contributed by atoms with Crippen molar-refractivity contribution in [2.75, 3.05) is 25.5 Å². The summed E-state index contributed by atoms with van der Waals surface area (Å²) in [6.45, 7) is 4.70. The Balaban J connectivity index is 2.18. The van der Waals surface area contributed by atoms with Crippen LogP contribution in [0.3, 0.4) is 0 Å². The van der Waals surface area contributed by atoms with Crippen molar-refractivity contribution in [3.05, 3.63) is 23.9 Å². The second-order valence-electron chi connectivity index (χ2n) is 5.52. The third-order valence-electron chi connectivity index (χ3n) is 3.85. The van der Waals surface area contributed by atoms with Gasteiger partial charge in [0.15, 0.2) is 0 Å². The average molecular weight is 297 g/mol. The van der Waals surface area contributed by atoms with Gasteiger partial charge in [-0.2, -0.15) is 0 Å². The molecule has 0 saturated carbocycles. The average Bonchev–Trinajstić information content (AvgIpc) is 2.47. The first-order chi connectivity index (χ1) is 9.45. The van der Waals surface area contributed by atoms with E-state index in [0.29, 0.717) is 13.1 Å². The molecule has 0 aliphatic carbocycles. The van der Waals surface area contributed by atoms with Crippen LogP contribution in [0.15, 0.2) is 18.3 Å². The molecular weight excluding hydrogens is 274 g/mol. The summed E-state index contributed by atoms with van der Waals surface area (Å²) >= 11 is 0. The van der Waals surface area contributed by atoms with Gasteiger partial charge in [-0.3, -0.25) is 0 Å². The monoisotopic (exact) mass is 297 g/mol. The molecule has 1 saturated heterocycles. The van der Waals surface area contributed by atoms with Gasteiger partial charge >= 0.3 is 0 Å². The number of hydrogen-bond acceptors (Lipinski definition) is 4. The van der Waals surface area contributed by atoms with Crippen LogP contribution in [0.25, 0.3) is 0 Å². The van der Waals surface area contributed by atoms with Crippen LogP contribution < -0.4 is 5.32 Å². The van der Waals surface area contributed by atoms with Gasteiger partial charge in [-0.05, 0) is 50.3 Å². The number of nitrogens with zero attached hydrogens (tertiary/aromatic N) is 2. The Bertz CT molecular complexity index is 557. The molecule has 1 aliphatic rings. The fourth-order valence-electron chi connectivity index (χ4n) is 2.58. The zero-order chi connectivity index (χ0) is 14.8. The van der Waals surface area contributed by atoms with Crippen LogP contribution in [0.5, 0.6) is 0 Å². The number of hydrogen-bond donors (Lipinski definition) is 1. The number of pyridine rings is 1. The summed E-state index contributed by atoms with van der Waals surface area (Å²) in [6.07, 6.45) is 3.71. The first-order valence-corrected chi connectivity index (χ1v) is 8.58. The largest absolute Gasteiger partial charge is 0.373 e. The van der Waals surface area contributed by atoms with E-state index in [1.807, 2.05) is 19.2 Å². The van der Waals surface area contributed by atoms with E-state index >= 15 is 0 Å². The normalized spacial score (nSPS) is 21.1. The lowest BCUT2D eigenvalue weighted by Crippen LogP contribution is -2.42. The molecule has 1 aromatic rings. The molecule has 1 atom stereocenters. The lowest BCUT2D eigenvalue weighted by Gasteiger charge is -2.33. The number of anilines is 1. The molecule has 1 N–H and O–H groups in total. The van der Waals surface area contributed by atoms with Gasteiger partial charge in [0.1, 0.15) is 5.82 Å². The fourth-order valence-corrected chi connectivity index (χ4v) is 3.95. The SMILES string of the molecule is CNc1cc(C2CCCN(S(=O)(=O)C(C)C)C2)ccn1. The minimum Gasteiger partial charge on any atom is -0.373 e. The molecule has 1 unspecified atom stereocenters. The summed E-state index contributed by atoms with van der Waals surface area (Å²) in [4.78, 5) is 4.21. The van der Waals surface area contributed by atoms with Crippen LogP contribution in [0, 0.1) is 0 Å². The molecule has 2 heterocycles. The van der Waals surface area contributed by atoms with Crippen molar-refractivity contribution < 1.29 is 8.42 Å². The second-order valence-corrected chi connectivity index (χ2v) is 8.00. The van der Waals surface area contributed by atoms with Crippen molar-refractivity contribution in [3.8, 4) is 0 Å². The minimum atomic E-state index is -3.15. The molecule has 1 aliphatic heterocycles. The summed E-state index contributed by atoms with van der Waals surface area (Å²) in [6, 6.07) is 3.99. The summed E-state index contributed by atoms with van der Waals surface area (Å²) in [7, 11) is -1.32. The standard InChI is InChI=1S/C14H23N3O2S/c1-11(2)20(18,19)17-8-4-5-13(10-17)12-6-7-16-14(9-12)15-3/h6-7,9,11,13H,4-5,8,10H2,1-3H3,(H,15,16). The molecule has 2 rings (SSSR count). The number of piperidine rings is 1. The van der Waals surface area contributed by atoms with Crippen LogP contribution in [-0.4, -0.2) is 43.1 Å². The zero-order valence-corrected chi connectivity index (χ0v) is 13.2. The van der Waals surface area contributed by atoms with Gasteiger partial charge < -0.3 is 5.32 Å².